The Morgan fingerprint density at radius 1 is 1.33 bits per heavy atom. The third kappa shape index (κ3) is 6.99. The topological polar surface area (TPSA) is 81.4 Å². The van der Waals surface area contributed by atoms with Gasteiger partial charge in [0.2, 0.25) is 5.91 Å². The molecule has 0 aliphatic carbocycles. The molecule has 0 bridgehead atoms. The van der Waals surface area contributed by atoms with Crippen LogP contribution in [0.5, 0.6) is 0 Å². The number of nitrogen functional groups attached to an aromatic ring is 1. The molecule has 1 unspecified atom stereocenters. The van der Waals surface area contributed by atoms with E-state index in [9.17, 15) is 9.59 Å². The van der Waals surface area contributed by atoms with Crippen LogP contribution in [0.2, 0.25) is 0 Å². The van der Waals surface area contributed by atoms with Crippen molar-refractivity contribution in [2.75, 3.05) is 18.9 Å². The van der Waals surface area contributed by atoms with Crippen LogP contribution in [0.1, 0.15) is 25.8 Å². The number of carbonyl (C=O) groups excluding carboxylic acids is 2. The summed E-state index contributed by atoms with van der Waals surface area (Å²) in [7, 11) is 0. The van der Waals surface area contributed by atoms with Gasteiger partial charge in [-0.25, -0.2) is 0 Å². The first-order chi connectivity index (χ1) is 9.54. The number of hydrogen-bond donors (Lipinski definition) is 2. The Hall–Kier alpha value is -1.75. The lowest BCUT2D eigenvalue weighted by molar-refractivity contribution is -0.147. The smallest absolute Gasteiger partial charge is 0.310 e. The second-order valence-corrected chi connectivity index (χ2v) is 4.66. The lowest BCUT2D eigenvalue weighted by Crippen LogP contribution is -2.32. The molecule has 3 N–H and O–H groups in total. The summed E-state index contributed by atoms with van der Waals surface area (Å²) in [6.07, 6.45) is 0.941. The fraction of sp³-hybridized carbons (Fsp3) is 0.467. The van der Waals surface area contributed by atoms with E-state index in [1.165, 1.54) is 0 Å². The lowest BCUT2D eigenvalue weighted by Gasteiger charge is -2.11. The fourth-order valence-corrected chi connectivity index (χ4v) is 1.73. The van der Waals surface area contributed by atoms with Crippen molar-refractivity contribution in [3.8, 4) is 0 Å². The maximum absolute atomic E-state index is 11.7. The molecule has 0 aliphatic rings. The quantitative estimate of drug-likeness (QED) is 0.595. The van der Waals surface area contributed by atoms with Crippen molar-refractivity contribution >= 4 is 30.0 Å². The molecule has 1 amide bonds. The average molecular weight is 315 g/mol. The summed E-state index contributed by atoms with van der Waals surface area (Å²) >= 11 is 0. The van der Waals surface area contributed by atoms with Gasteiger partial charge in [-0.1, -0.05) is 25.1 Å². The van der Waals surface area contributed by atoms with Crippen LogP contribution in [0.25, 0.3) is 0 Å². The second-order valence-electron chi connectivity index (χ2n) is 4.66. The van der Waals surface area contributed by atoms with Gasteiger partial charge in [-0.15, -0.1) is 12.4 Å². The second kappa shape index (κ2) is 10.0. The number of para-hydroxylation sites is 1. The number of anilines is 1. The molecule has 0 aromatic heterocycles. The van der Waals surface area contributed by atoms with Crippen LogP contribution < -0.4 is 11.1 Å². The predicted octanol–water partition coefficient (Wildman–Crippen LogP) is 1.94. The van der Waals surface area contributed by atoms with E-state index in [1.807, 2.05) is 24.3 Å². The van der Waals surface area contributed by atoms with Crippen molar-refractivity contribution in [2.45, 2.75) is 26.7 Å². The zero-order valence-corrected chi connectivity index (χ0v) is 13.2. The average Bonchev–Trinajstić information content (AvgIpc) is 2.44. The minimum atomic E-state index is -0.333. The van der Waals surface area contributed by atoms with Gasteiger partial charge in [-0.3, -0.25) is 9.59 Å². The first-order valence-electron chi connectivity index (χ1n) is 6.81. The van der Waals surface area contributed by atoms with E-state index in [4.69, 9.17) is 10.5 Å². The molecule has 1 aromatic rings. The van der Waals surface area contributed by atoms with Gasteiger partial charge in [0.25, 0.3) is 0 Å². The van der Waals surface area contributed by atoms with Crippen molar-refractivity contribution in [1.29, 1.82) is 0 Å². The number of nitrogens with one attached hydrogen (secondary N) is 1. The number of benzene rings is 1. The summed E-state index contributed by atoms with van der Waals surface area (Å²) in [6, 6.07) is 7.48. The van der Waals surface area contributed by atoms with E-state index in [-0.39, 0.29) is 30.2 Å². The van der Waals surface area contributed by atoms with Gasteiger partial charge < -0.3 is 15.8 Å². The van der Waals surface area contributed by atoms with E-state index < -0.39 is 0 Å². The summed E-state index contributed by atoms with van der Waals surface area (Å²) in [6.45, 7) is 4.13. The van der Waals surface area contributed by atoms with Crippen LogP contribution in [0.4, 0.5) is 5.69 Å². The molecule has 0 aliphatic heterocycles. The Kier molecular flexibility index (Phi) is 9.21. The van der Waals surface area contributed by atoms with Gasteiger partial charge in [0.05, 0.1) is 12.5 Å². The maximum Gasteiger partial charge on any atom is 0.310 e. The first-order valence-corrected chi connectivity index (χ1v) is 6.81. The number of nitrogens with two attached hydrogens (primary N) is 1. The van der Waals surface area contributed by atoms with Crippen LogP contribution in [0.3, 0.4) is 0 Å². The highest BCUT2D eigenvalue weighted by atomic mass is 35.5. The molecule has 0 spiro atoms. The predicted molar refractivity (Wildman–Crippen MR) is 85.2 cm³/mol. The van der Waals surface area contributed by atoms with Crippen LogP contribution in [-0.2, 0) is 20.7 Å². The first kappa shape index (κ1) is 19.2. The summed E-state index contributed by atoms with van der Waals surface area (Å²) in [5.41, 5.74) is 7.46. The SMILES string of the molecule is CCOC(=O)C(C)CNC(=O)CCc1ccccc1N.Cl. The highest BCUT2D eigenvalue weighted by Gasteiger charge is 2.14. The third-order valence-electron chi connectivity index (χ3n) is 2.97. The van der Waals surface area contributed by atoms with Gasteiger partial charge in [0.15, 0.2) is 0 Å². The zero-order chi connectivity index (χ0) is 15.0. The standard InChI is InChI=1S/C15H22N2O3.ClH/c1-3-20-15(19)11(2)10-17-14(18)9-8-12-6-4-5-7-13(12)16;/h4-7,11H,3,8-10,16H2,1-2H3,(H,17,18);1H. The lowest BCUT2D eigenvalue weighted by atomic mass is 10.1. The highest BCUT2D eigenvalue weighted by molar-refractivity contribution is 5.85. The minimum absolute atomic E-state index is 0. The fourth-order valence-electron chi connectivity index (χ4n) is 1.73. The Labute approximate surface area is 131 Å². The minimum Gasteiger partial charge on any atom is -0.466 e. The van der Waals surface area contributed by atoms with Crippen molar-refractivity contribution in [3.05, 3.63) is 29.8 Å². The summed E-state index contributed by atoms with van der Waals surface area (Å²) in [5, 5.41) is 2.73. The van der Waals surface area contributed by atoms with Crippen molar-refractivity contribution in [1.82, 2.24) is 5.32 Å². The van der Waals surface area contributed by atoms with E-state index in [1.54, 1.807) is 13.8 Å². The van der Waals surface area contributed by atoms with Gasteiger partial charge in [-0.05, 0) is 25.0 Å². The molecule has 1 aromatic carbocycles. The van der Waals surface area contributed by atoms with Gasteiger partial charge in [-0.2, -0.15) is 0 Å². The third-order valence-corrected chi connectivity index (χ3v) is 2.97. The molecule has 0 heterocycles. The Bertz CT molecular complexity index is 466. The number of rotatable bonds is 7. The Morgan fingerprint density at radius 2 is 2.00 bits per heavy atom. The van der Waals surface area contributed by atoms with E-state index in [0.29, 0.717) is 31.7 Å². The summed E-state index contributed by atoms with van der Waals surface area (Å²) < 4.78 is 4.87. The molecule has 0 radical (unpaired) electrons. The molecule has 1 rings (SSSR count). The molecule has 1 atom stereocenters. The van der Waals surface area contributed by atoms with E-state index in [0.717, 1.165) is 5.56 Å². The molecular formula is C15H23ClN2O3. The van der Waals surface area contributed by atoms with Crippen molar-refractivity contribution < 1.29 is 14.3 Å². The summed E-state index contributed by atoms with van der Waals surface area (Å²) in [4.78, 5) is 23.1. The summed E-state index contributed by atoms with van der Waals surface area (Å²) in [5.74, 6) is -0.717. The van der Waals surface area contributed by atoms with E-state index >= 15 is 0 Å². The zero-order valence-electron chi connectivity index (χ0n) is 12.4. The molecule has 0 saturated carbocycles. The number of esters is 1. The van der Waals surface area contributed by atoms with Gasteiger partial charge in [0, 0.05) is 18.7 Å². The number of hydrogen-bond acceptors (Lipinski definition) is 4. The van der Waals surface area contributed by atoms with Crippen molar-refractivity contribution in [3.63, 3.8) is 0 Å². The monoisotopic (exact) mass is 314 g/mol. The highest BCUT2D eigenvalue weighted by Crippen LogP contribution is 2.12. The molecule has 118 valence electrons. The van der Waals surface area contributed by atoms with Gasteiger partial charge >= 0.3 is 5.97 Å². The number of carbonyl (C=O) groups is 2. The van der Waals surface area contributed by atoms with Crippen LogP contribution in [0, 0.1) is 5.92 Å². The van der Waals surface area contributed by atoms with Crippen LogP contribution in [-0.4, -0.2) is 25.0 Å². The molecule has 6 heteroatoms. The largest absolute Gasteiger partial charge is 0.466 e. The maximum atomic E-state index is 11.7. The normalized spacial score (nSPS) is 11.1. The molecule has 0 saturated heterocycles. The van der Waals surface area contributed by atoms with Crippen LogP contribution >= 0.6 is 12.4 Å². The molecule has 21 heavy (non-hydrogen) atoms. The van der Waals surface area contributed by atoms with Crippen molar-refractivity contribution in [2.24, 2.45) is 5.92 Å². The molecule has 0 fully saturated rings. The number of ether oxygens (including phenoxy) is 1. The van der Waals surface area contributed by atoms with Gasteiger partial charge in [0.1, 0.15) is 0 Å². The van der Waals surface area contributed by atoms with E-state index in [2.05, 4.69) is 5.32 Å². The van der Waals surface area contributed by atoms with Crippen LogP contribution in [0.15, 0.2) is 24.3 Å². The molecular weight excluding hydrogens is 292 g/mol. The number of aryl methyl sites for hydroxylation is 1. The molecule has 5 nitrogen and oxygen atoms in total. The Morgan fingerprint density at radius 3 is 2.62 bits per heavy atom. The Balaban J connectivity index is 0.00000400. The number of amides is 1. The number of halogens is 1.